The minimum Gasteiger partial charge on any atom is -0.494 e. The van der Waals surface area contributed by atoms with Crippen LogP contribution in [-0.4, -0.2) is 30.1 Å². The molecule has 3 aromatic rings. The van der Waals surface area contributed by atoms with Crippen molar-refractivity contribution in [1.82, 2.24) is 0 Å². The first-order valence-electron chi connectivity index (χ1n) is 14.6. The highest BCUT2D eigenvalue weighted by atomic mass is 16.6. The molecule has 9 heteroatoms. The molecular weight excluding hydrogens is 538 g/mol. The van der Waals surface area contributed by atoms with E-state index in [0.29, 0.717) is 24.7 Å². The maximum atomic E-state index is 12.6. The van der Waals surface area contributed by atoms with Gasteiger partial charge < -0.3 is 18.9 Å². The standard InChI is InChI=1S/C33H39NO8/c1-3-5-7-8-9-11-22-39-27-17-19-29(20-18-27)41-32(35)25-12-15-28(16-13-25)42-33(36)26-14-21-31(30(24-26)34(37)38)40-23-10-6-4-2/h12-21,24H,3-11,22-23H2,1-2H3. The fraction of sp³-hybridized carbons (Fsp3) is 0.394. The molecule has 0 spiro atoms. The smallest absolute Gasteiger partial charge is 0.343 e. The molecule has 0 atom stereocenters. The van der Waals surface area contributed by atoms with Crippen LogP contribution in [0.1, 0.15) is 92.4 Å². The van der Waals surface area contributed by atoms with Crippen LogP contribution in [0.3, 0.4) is 0 Å². The maximum absolute atomic E-state index is 12.6. The molecule has 0 unspecified atom stereocenters. The van der Waals surface area contributed by atoms with Crippen molar-refractivity contribution < 1.29 is 33.5 Å². The van der Waals surface area contributed by atoms with E-state index >= 15 is 0 Å². The van der Waals surface area contributed by atoms with Crippen molar-refractivity contribution in [3.8, 4) is 23.0 Å². The average Bonchev–Trinajstić information content (AvgIpc) is 3.00. The molecule has 0 aliphatic heterocycles. The van der Waals surface area contributed by atoms with E-state index in [2.05, 4.69) is 13.8 Å². The number of nitro groups is 1. The number of carbonyl (C=O) groups excluding carboxylic acids is 2. The highest BCUT2D eigenvalue weighted by Gasteiger charge is 2.20. The molecule has 0 radical (unpaired) electrons. The van der Waals surface area contributed by atoms with Gasteiger partial charge in [0.1, 0.15) is 17.2 Å². The number of benzene rings is 3. The Morgan fingerprint density at radius 3 is 1.74 bits per heavy atom. The highest BCUT2D eigenvalue weighted by Crippen LogP contribution is 2.29. The van der Waals surface area contributed by atoms with Gasteiger partial charge in [-0.15, -0.1) is 0 Å². The largest absolute Gasteiger partial charge is 0.494 e. The van der Waals surface area contributed by atoms with Crippen LogP contribution in [0, 0.1) is 10.1 Å². The van der Waals surface area contributed by atoms with Crippen LogP contribution in [0.2, 0.25) is 0 Å². The first-order valence-corrected chi connectivity index (χ1v) is 14.6. The first kappa shape index (κ1) is 32.1. The van der Waals surface area contributed by atoms with E-state index in [1.807, 2.05) is 0 Å². The van der Waals surface area contributed by atoms with Gasteiger partial charge in [-0.1, -0.05) is 58.8 Å². The Morgan fingerprint density at radius 2 is 1.10 bits per heavy atom. The average molecular weight is 578 g/mol. The Hall–Kier alpha value is -4.40. The van der Waals surface area contributed by atoms with Crippen molar-refractivity contribution in [1.29, 1.82) is 0 Å². The van der Waals surface area contributed by atoms with E-state index in [1.165, 1.54) is 62.1 Å². The summed E-state index contributed by atoms with van der Waals surface area (Å²) in [7, 11) is 0. The fourth-order valence-corrected chi connectivity index (χ4v) is 4.11. The SMILES string of the molecule is CCCCCCCCOc1ccc(OC(=O)c2ccc(OC(=O)c3ccc(OCCCCC)c([N+](=O)[O-])c3)cc2)cc1. The third kappa shape index (κ3) is 10.5. The highest BCUT2D eigenvalue weighted by molar-refractivity contribution is 5.93. The zero-order valence-corrected chi connectivity index (χ0v) is 24.3. The molecule has 0 saturated heterocycles. The summed E-state index contributed by atoms with van der Waals surface area (Å²) in [5.74, 6) is 0.0242. The molecule has 0 amide bonds. The second kappa shape index (κ2) is 17.4. The van der Waals surface area contributed by atoms with Gasteiger partial charge in [0.05, 0.1) is 29.3 Å². The van der Waals surface area contributed by atoms with Crippen molar-refractivity contribution in [2.24, 2.45) is 0 Å². The van der Waals surface area contributed by atoms with Crippen LogP contribution < -0.4 is 18.9 Å². The topological polar surface area (TPSA) is 114 Å². The number of nitrogens with zero attached hydrogens (tertiary/aromatic N) is 1. The van der Waals surface area contributed by atoms with Crippen LogP contribution in [0.15, 0.2) is 66.7 Å². The van der Waals surface area contributed by atoms with Crippen molar-refractivity contribution in [3.05, 3.63) is 88.0 Å². The number of esters is 2. The Bertz CT molecular complexity index is 1290. The van der Waals surface area contributed by atoms with Crippen molar-refractivity contribution in [3.63, 3.8) is 0 Å². The van der Waals surface area contributed by atoms with E-state index in [9.17, 15) is 19.7 Å². The van der Waals surface area contributed by atoms with Crippen LogP contribution >= 0.6 is 0 Å². The lowest BCUT2D eigenvalue weighted by molar-refractivity contribution is -0.385. The predicted molar refractivity (Wildman–Crippen MR) is 160 cm³/mol. The third-order valence-corrected chi connectivity index (χ3v) is 6.50. The second-order valence-electron chi connectivity index (χ2n) is 9.89. The van der Waals surface area contributed by atoms with E-state index in [1.54, 1.807) is 24.3 Å². The fourth-order valence-electron chi connectivity index (χ4n) is 4.11. The molecule has 9 nitrogen and oxygen atoms in total. The summed E-state index contributed by atoms with van der Waals surface area (Å²) >= 11 is 0. The van der Waals surface area contributed by atoms with Gasteiger partial charge in [-0.25, -0.2) is 9.59 Å². The monoisotopic (exact) mass is 577 g/mol. The van der Waals surface area contributed by atoms with E-state index in [0.717, 1.165) is 38.2 Å². The lowest BCUT2D eigenvalue weighted by Crippen LogP contribution is -2.11. The Morgan fingerprint density at radius 1 is 0.619 bits per heavy atom. The number of hydrogen-bond donors (Lipinski definition) is 0. The first-order chi connectivity index (χ1) is 20.4. The molecule has 0 aliphatic carbocycles. The molecule has 0 heterocycles. The van der Waals surface area contributed by atoms with E-state index in [-0.39, 0.29) is 28.3 Å². The molecule has 0 saturated carbocycles. The molecule has 224 valence electrons. The Balaban J connectivity index is 1.49. The number of ether oxygens (including phenoxy) is 4. The third-order valence-electron chi connectivity index (χ3n) is 6.50. The van der Waals surface area contributed by atoms with Gasteiger partial charge in [-0.05, 0) is 73.5 Å². The predicted octanol–water partition coefficient (Wildman–Crippen LogP) is 8.34. The number of hydrogen-bond acceptors (Lipinski definition) is 8. The minimum atomic E-state index is -0.773. The van der Waals surface area contributed by atoms with Gasteiger partial charge in [0.25, 0.3) is 0 Å². The Kier molecular flexibility index (Phi) is 13.3. The summed E-state index contributed by atoms with van der Waals surface area (Å²) < 4.78 is 22.1. The molecule has 0 bridgehead atoms. The maximum Gasteiger partial charge on any atom is 0.343 e. The van der Waals surface area contributed by atoms with Gasteiger partial charge in [0.15, 0.2) is 5.75 Å². The zero-order chi connectivity index (χ0) is 30.2. The molecule has 0 aromatic heterocycles. The summed E-state index contributed by atoms with van der Waals surface area (Å²) in [6.45, 7) is 5.26. The molecule has 3 rings (SSSR count). The minimum absolute atomic E-state index is 0.00509. The molecule has 3 aromatic carbocycles. The van der Waals surface area contributed by atoms with Gasteiger partial charge in [0, 0.05) is 6.07 Å². The molecule has 0 aliphatic rings. The number of nitro benzene ring substituents is 1. The second-order valence-corrected chi connectivity index (χ2v) is 9.89. The lowest BCUT2D eigenvalue weighted by atomic mass is 10.1. The number of unbranched alkanes of at least 4 members (excludes halogenated alkanes) is 7. The van der Waals surface area contributed by atoms with Crippen LogP contribution in [0.25, 0.3) is 0 Å². The van der Waals surface area contributed by atoms with Crippen molar-refractivity contribution in [2.75, 3.05) is 13.2 Å². The van der Waals surface area contributed by atoms with Gasteiger partial charge in [-0.3, -0.25) is 10.1 Å². The molecular formula is C33H39NO8. The summed E-state index contributed by atoms with van der Waals surface area (Å²) in [6.07, 6.45) is 9.89. The van der Waals surface area contributed by atoms with E-state index in [4.69, 9.17) is 18.9 Å². The summed E-state index contributed by atoms with van der Waals surface area (Å²) in [4.78, 5) is 36.1. The van der Waals surface area contributed by atoms with Crippen molar-refractivity contribution in [2.45, 2.75) is 71.6 Å². The van der Waals surface area contributed by atoms with Gasteiger partial charge >= 0.3 is 17.6 Å². The van der Waals surface area contributed by atoms with E-state index < -0.39 is 16.9 Å². The quantitative estimate of drug-likeness (QED) is 0.0487. The number of carbonyl (C=O) groups is 2. The van der Waals surface area contributed by atoms with Crippen molar-refractivity contribution >= 4 is 17.6 Å². The van der Waals surface area contributed by atoms with Crippen LogP contribution in [0.4, 0.5) is 5.69 Å². The van der Waals surface area contributed by atoms with Gasteiger partial charge in [-0.2, -0.15) is 0 Å². The summed E-state index contributed by atoms with van der Waals surface area (Å²) in [6, 6.07) is 16.7. The zero-order valence-electron chi connectivity index (χ0n) is 24.3. The lowest BCUT2D eigenvalue weighted by Gasteiger charge is -2.09. The van der Waals surface area contributed by atoms with Crippen LogP contribution in [-0.2, 0) is 0 Å². The Labute approximate surface area is 246 Å². The van der Waals surface area contributed by atoms with Gasteiger partial charge in [0.2, 0.25) is 0 Å². The number of rotatable bonds is 18. The normalized spacial score (nSPS) is 10.6. The van der Waals surface area contributed by atoms with Crippen LogP contribution in [0.5, 0.6) is 23.0 Å². The summed E-state index contributed by atoms with van der Waals surface area (Å²) in [5, 5.41) is 11.5. The summed E-state index contributed by atoms with van der Waals surface area (Å²) in [5.41, 5.74) is -0.0413. The molecule has 0 N–H and O–H groups in total. The molecule has 42 heavy (non-hydrogen) atoms. The molecule has 0 fully saturated rings.